The highest BCUT2D eigenvalue weighted by molar-refractivity contribution is 5.97. The maximum Gasteiger partial charge on any atom is 0.254 e. The van der Waals surface area contributed by atoms with Gasteiger partial charge < -0.3 is 28.7 Å². The summed E-state index contributed by atoms with van der Waals surface area (Å²) in [5, 5.41) is 10.4. The lowest BCUT2D eigenvalue weighted by Crippen LogP contribution is -2.45. The lowest BCUT2D eigenvalue weighted by molar-refractivity contribution is 0.0597. The smallest absolute Gasteiger partial charge is 0.254 e. The van der Waals surface area contributed by atoms with Crippen LogP contribution in [-0.4, -0.2) is 76.4 Å². The zero-order valence-electron chi connectivity index (χ0n) is 27.6. The first kappa shape index (κ1) is 34.8. The van der Waals surface area contributed by atoms with Crippen molar-refractivity contribution in [3.8, 4) is 29.1 Å². The Bertz CT molecular complexity index is 1230. The SMILES string of the molecule is CCN(C(=O)c1cc(OC)c(OC)cc1CCN(C)CCCC(C#N)(c1ccc(OC)c(OC)c1)C(C)C)C(C)(C)C. The number of methoxy groups -OCH3 is 4. The van der Waals surface area contributed by atoms with Crippen LogP contribution in [0.3, 0.4) is 0 Å². The predicted molar refractivity (Wildman–Crippen MR) is 168 cm³/mol. The number of ether oxygens (including phenoxy) is 4. The van der Waals surface area contributed by atoms with Crippen molar-refractivity contribution >= 4 is 5.91 Å². The van der Waals surface area contributed by atoms with Crippen LogP contribution in [0, 0.1) is 17.2 Å². The number of hydrogen-bond donors (Lipinski definition) is 0. The van der Waals surface area contributed by atoms with Crippen molar-refractivity contribution < 1.29 is 23.7 Å². The van der Waals surface area contributed by atoms with Gasteiger partial charge in [0.05, 0.1) is 39.9 Å². The van der Waals surface area contributed by atoms with E-state index >= 15 is 0 Å². The van der Waals surface area contributed by atoms with E-state index in [0.717, 1.165) is 30.6 Å². The number of rotatable bonds is 15. The van der Waals surface area contributed by atoms with Crippen LogP contribution in [0.25, 0.3) is 0 Å². The van der Waals surface area contributed by atoms with Crippen LogP contribution in [0.15, 0.2) is 30.3 Å². The van der Waals surface area contributed by atoms with Crippen LogP contribution in [0.4, 0.5) is 0 Å². The number of carbonyl (C=O) groups excluding carboxylic acids is 1. The number of hydrogen-bond acceptors (Lipinski definition) is 7. The summed E-state index contributed by atoms with van der Waals surface area (Å²) in [5.41, 5.74) is 1.53. The Hall–Kier alpha value is -3.44. The molecule has 0 radical (unpaired) electrons. The van der Waals surface area contributed by atoms with Crippen molar-refractivity contribution in [3.63, 3.8) is 0 Å². The van der Waals surface area contributed by atoms with E-state index in [1.807, 2.05) is 56.9 Å². The number of nitriles is 1. The van der Waals surface area contributed by atoms with Crippen molar-refractivity contribution in [1.82, 2.24) is 9.80 Å². The molecule has 42 heavy (non-hydrogen) atoms. The van der Waals surface area contributed by atoms with E-state index in [1.54, 1.807) is 34.5 Å². The van der Waals surface area contributed by atoms with Gasteiger partial charge in [0.25, 0.3) is 5.91 Å². The van der Waals surface area contributed by atoms with Gasteiger partial charge in [-0.2, -0.15) is 5.26 Å². The molecule has 0 saturated heterocycles. The van der Waals surface area contributed by atoms with Gasteiger partial charge in [0.2, 0.25) is 0 Å². The van der Waals surface area contributed by atoms with Gasteiger partial charge in [0.15, 0.2) is 23.0 Å². The van der Waals surface area contributed by atoms with E-state index in [0.29, 0.717) is 47.9 Å². The second-order valence-corrected chi connectivity index (χ2v) is 12.0. The van der Waals surface area contributed by atoms with Gasteiger partial charge in [0, 0.05) is 24.2 Å². The number of benzene rings is 2. The Kier molecular flexibility index (Phi) is 12.5. The fraction of sp³-hybridized carbons (Fsp3) is 0.588. The summed E-state index contributed by atoms with van der Waals surface area (Å²) in [6.45, 7) is 14.5. The third-order valence-electron chi connectivity index (χ3n) is 8.17. The molecule has 1 atom stereocenters. The molecule has 0 heterocycles. The summed E-state index contributed by atoms with van der Waals surface area (Å²) in [6.07, 6.45) is 2.21. The summed E-state index contributed by atoms with van der Waals surface area (Å²) in [7, 11) is 8.49. The van der Waals surface area contributed by atoms with Crippen LogP contribution in [-0.2, 0) is 11.8 Å². The Balaban J connectivity index is 2.23. The molecule has 0 aliphatic carbocycles. The van der Waals surface area contributed by atoms with Crippen LogP contribution >= 0.6 is 0 Å². The van der Waals surface area contributed by atoms with Gasteiger partial charge in [-0.25, -0.2) is 0 Å². The highest BCUT2D eigenvalue weighted by Gasteiger charge is 2.36. The first-order valence-electron chi connectivity index (χ1n) is 14.7. The van der Waals surface area contributed by atoms with Crippen LogP contribution in [0.1, 0.15) is 75.9 Å². The number of carbonyl (C=O) groups is 1. The lowest BCUT2D eigenvalue weighted by atomic mass is 9.69. The molecule has 0 aliphatic heterocycles. The summed E-state index contributed by atoms with van der Waals surface area (Å²) in [4.78, 5) is 17.9. The fourth-order valence-electron chi connectivity index (χ4n) is 5.58. The van der Waals surface area contributed by atoms with E-state index in [9.17, 15) is 10.1 Å². The average molecular weight is 582 g/mol. The third-order valence-corrected chi connectivity index (χ3v) is 8.17. The Morgan fingerprint density at radius 2 is 1.48 bits per heavy atom. The third kappa shape index (κ3) is 7.89. The summed E-state index contributed by atoms with van der Waals surface area (Å²) < 4.78 is 22.0. The molecular weight excluding hydrogens is 530 g/mol. The Morgan fingerprint density at radius 3 is 1.98 bits per heavy atom. The largest absolute Gasteiger partial charge is 0.493 e. The van der Waals surface area contributed by atoms with Gasteiger partial charge in [-0.15, -0.1) is 0 Å². The Labute approximate surface area is 253 Å². The standard InChI is InChI=1S/C34H51N3O5/c1-12-37(33(4,5)6)32(38)27-22-31(42-11)29(40-9)20-25(27)16-19-36(7)18-13-17-34(23-35,24(2)3)26-14-15-28(39-8)30(21-26)41-10/h14-15,20-22,24H,12-13,16-19H2,1-11H3. The molecule has 2 rings (SSSR count). The minimum atomic E-state index is -0.653. The zero-order valence-corrected chi connectivity index (χ0v) is 27.6. The zero-order chi connectivity index (χ0) is 31.7. The first-order chi connectivity index (χ1) is 19.8. The molecule has 1 amide bonds. The summed E-state index contributed by atoms with van der Waals surface area (Å²) >= 11 is 0. The highest BCUT2D eigenvalue weighted by atomic mass is 16.5. The van der Waals surface area contributed by atoms with Crippen molar-refractivity contribution in [3.05, 3.63) is 47.0 Å². The lowest BCUT2D eigenvalue weighted by Gasteiger charge is -2.35. The quantitative estimate of drug-likeness (QED) is 0.242. The molecule has 232 valence electrons. The molecular formula is C34H51N3O5. The van der Waals surface area contributed by atoms with Crippen molar-refractivity contribution in [2.24, 2.45) is 5.92 Å². The molecule has 0 aromatic heterocycles. The molecule has 0 spiro atoms. The molecule has 0 aliphatic rings. The summed E-state index contributed by atoms with van der Waals surface area (Å²) in [6, 6.07) is 12.1. The second-order valence-electron chi connectivity index (χ2n) is 12.0. The monoisotopic (exact) mass is 581 g/mol. The maximum absolute atomic E-state index is 13.7. The topological polar surface area (TPSA) is 84.3 Å². The van der Waals surface area contributed by atoms with Gasteiger partial charge in [-0.3, -0.25) is 4.79 Å². The van der Waals surface area contributed by atoms with Gasteiger partial charge in [-0.05, 0) is 102 Å². The molecule has 2 aromatic rings. The van der Waals surface area contributed by atoms with Crippen molar-refractivity contribution in [2.75, 3.05) is 55.1 Å². The normalized spacial score (nSPS) is 13.0. The molecule has 2 aromatic carbocycles. The maximum atomic E-state index is 13.7. The van der Waals surface area contributed by atoms with E-state index in [1.165, 1.54) is 0 Å². The van der Waals surface area contributed by atoms with E-state index in [-0.39, 0.29) is 17.4 Å². The fourth-order valence-corrected chi connectivity index (χ4v) is 5.58. The van der Waals surface area contributed by atoms with Gasteiger partial charge in [-0.1, -0.05) is 19.9 Å². The van der Waals surface area contributed by atoms with Crippen LogP contribution in [0.2, 0.25) is 0 Å². The van der Waals surface area contributed by atoms with E-state index in [2.05, 4.69) is 31.9 Å². The van der Waals surface area contributed by atoms with E-state index < -0.39 is 5.41 Å². The van der Waals surface area contributed by atoms with Crippen LogP contribution < -0.4 is 18.9 Å². The van der Waals surface area contributed by atoms with Crippen molar-refractivity contribution in [2.45, 2.75) is 71.8 Å². The molecule has 0 fully saturated rings. The van der Waals surface area contributed by atoms with E-state index in [4.69, 9.17) is 18.9 Å². The molecule has 0 N–H and O–H groups in total. The average Bonchev–Trinajstić information content (AvgIpc) is 2.96. The molecule has 0 bridgehead atoms. The van der Waals surface area contributed by atoms with Crippen LogP contribution in [0.5, 0.6) is 23.0 Å². The van der Waals surface area contributed by atoms with Gasteiger partial charge >= 0.3 is 0 Å². The minimum Gasteiger partial charge on any atom is -0.493 e. The van der Waals surface area contributed by atoms with Crippen molar-refractivity contribution in [1.29, 1.82) is 5.26 Å². The number of likely N-dealkylation sites (N-methyl/N-ethyl adjacent to an activating group) is 1. The van der Waals surface area contributed by atoms with Gasteiger partial charge in [0.1, 0.15) is 0 Å². The molecule has 8 nitrogen and oxygen atoms in total. The number of nitrogens with zero attached hydrogens (tertiary/aromatic N) is 3. The Morgan fingerprint density at radius 1 is 0.905 bits per heavy atom. The molecule has 8 heteroatoms. The summed E-state index contributed by atoms with van der Waals surface area (Å²) in [5.74, 6) is 2.51. The highest BCUT2D eigenvalue weighted by Crippen LogP contribution is 2.40. The minimum absolute atomic E-state index is 0.0192. The molecule has 1 unspecified atom stereocenters. The predicted octanol–water partition coefficient (Wildman–Crippen LogP) is 6.35. The molecule has 0 saturated carbocycles. The first-order valence-corrected chi connectivity index (χ1v) is 14.7. The number of amides is 1. The second kappa shape index (κ2) is 15.2.